The molecule has 0 aliphatic rings. The monoisotopic (exact) mass is 468 g/mol. The van der Waals surface area contributed by atoms with E-state index in [1.54, 1.807) is 12.1 Å². The second-order valence-corrected chi connectivity index (χ2v) is 8.17. The zero-order valence-corrected chi connectivity index (χ0v) is 18.9. The lowest BCUT2D eigenvalue weighted by molar-refractivity contribution is -0.128. The average molecular weight is 469 g/mol. The van der Waals surface area contributed by atoms with Gasteiger partial charge in [-0.05, 0) is 71.7 Å². The molecule has 0 amide bonds. The van der Waals surface area contributed by atoms with Gasteiger partial charge in [0.05, 0.1) is 13.2 Å². The van der Waals surface area contributed by atoms with Crippen LogP contribution in [0.5, 0.6) is 17.2 Å². The molecule has 156 valence electrons. The van der Waals surface area contributed by atoms with Crippen molar-refractivity contribution in [3.63, 3.8) is 0 Å². The lowest BCUT2D eigenvalue weighted by atomic mass is 10.1. The van der Waals surface area contributed by atoms with Crippen LogP contribution in [0.3, 0.4) is 0 Å². The van der Waals surface area contributed by atoms with Gasteiger partial charge in [0.15, 0.2) is 11.5 Å². The highest BCUT2D eigenvalue weighted by Crippen LogP contribution is 2.29. The van der Waals surface area contributed by atoms with Gasteiger partial charge in [-0.1, -0.05) is 48.0 Å². The predicted molar refractivity (Wildman–Crippen MR) is 124 cm³/mol. The molecule has 0 heterocycles. The molecule has 3 aromatic rings. The minimum absolute atomic E-state index is 0.422. The normalized spacial score (nSPS) is 11.2. The van der Waals surface area contributed by atoms with Crippen LogP contribution in [-0.2, 0) is 4.79 Å². The van der Waals surface area contributed by atoms with Crippen LogP contribution < -0.4 is 14.2 Å². The van der Waals surface area contributed by atoms with Gasteiger partial charge in [-0.15, -0.1) is 0 Å². The quantitative estimate of drug-likeness (QED) is 0.210. The number of fused-ring (bicyclic) bond motifs is 1. The largest absolute Gasteiger partial charge is 0.490 e. The fourth-order valence-corrected chi connectivity index (χ4v) is 3.22. The van der Waals surface area contributed by atoms with Crippen molar-refractivity contribution in [3.8, 4) is 17.2 Å². The minimum Gasteiger partial charge on any atom is -0.490 e. The molecule has 0 unspecified atom stereocenters. The van der Waals surface area contributed by atoms with E-state index in [1.165, 1.54) is 6.08 Å². The van der Waals surface area contributed by atoms with E-state index in [9.17, 15) is 4.79 Å². The number of benzene rings is 3. The lowest BCUT2D eigenvalue weighted by Crippen LogP contribution is -2.06. The number of esters is 1. The molecular formula is C25H25BrO4. The van der Waals surface area contributed by atoms with Crippen LogP contribution in [0.25, 0.3) is 16.8 Å². The SMILES string of the molecule is CCOc1cc(C=CC(=O)Oc2ccc3cc(Br)ccc3c2)ccc1OCC(C)C. The first-order valence-electron chi connectivity index (χ1n) is 9.93. The zero-order valence-electron chi connectivity index (χ0n) is 17.4. The minimum atomic E-state index is -0.440. The summed E-state index contributed by atoms with van der Waals surface area (Å²) in [6.45, 7) is 7.26. The van der Waals surface area contributed by atoms with E-state index in [0.29, 0.717) is 36.4 Å². The highest BCUT2D eigenvalue weighted by Gasteiger charge is 2.08. The van der Waals surface area contributed by atoms with E-state index in [0.717, 1.165) is 20.8 Å². The maximum atomic E-state index is 12.3. The van der Waals surface area contributed by atoms with Crippen molar-refractivity contribution < 1.29 is 19.0 Å². The Labute approximate surface area is 185 Å². The average Bonchev–Trinajstić information content (AvgIpc) is 2.72. The summed E-state index contributed by atoms with van der Waals surface area (Å²) >= 11 is 3.46. The van der Waals surface area contributed by atoms with Gasteiger partial charge >= 0.3 is 5.97 Å². The highest BCUT2D eigenvalue weighted by atomic mass is 79.9. The number of hydrogen-bond acceptors (Lipinski definition) is 4. The van der Waals surface area contributed by atoms with Crippen molar-refractivity contribution in [1.29, 1.82) is 0 Å². The molecule has 0 saturated heterocycles. The Balaban J connectivity index is 1.69. The van der Waals surface area contributed by atoms with E-state index in [-0.39, 0.29) is 0 Å². The molecule has 4 nitrogen and oxygen atoms in total. The summed E-state index contributed by atoms with van der Waals surface area (Å²) in [4.78, 5) is 12.3. The van der Waals surface area contributed by atoms with Gasteiger partial charge in [-0.25, -0.2) is 4.79 Å². The molecule has 5 heteroatoms. The molecule has 0 aliphatic heterocycles. The van der Waals surface area contributed by atoms with E-state index in [2.05, 4.69) is 29.8 Å². The van der Waals surface area contributed by atoms with Crippen LogP contribution in [-0.4, -0.2) is 19.2 Å². The van der Waals surface area contributed by atoms with Crippen molar-refractivity contribution in [1.82, 2.24) is 0 Å². The third kappa shape index (κ3) is 6.10. The summed E-state index contributed by atoms with van der Waals surface area (Å²) in [5, 5.41) is 2.08. The van der Waals surface area contributed by atoms with Gasteiger partial charge in [0.2, 0.25) is 0 Å². The van der Waals surface area contributed by atoms with Crippen molar-refractivity contribution in [2.75, 3.05) is 13.2 Å². The molecule has 0 N–H and O–H groups in total. The number of carbonyl (C=O) groups excluding carboxylic acids is 1. The molecular weight excluding hydrogens is 444 g/mol. The molecule has 30 heavy (non-hydrogen) atoms. The summed E-state index contributed by atoms with van der Waals surface area (Å²) in [7, 11) is 0. The van der Waals surface area contributed by atoms with Crippen LogP contribution in [0, 0.1) is 5.92 Å². The maximum absolute atomic E-state index is 12.3. The Hall–Kier alpha value is -2.79. The molecule has 0 atom stereocenters. The van der Waals surface area contributed by atoms with Crippen molar-refractivity contribution in [2.45, 2.75) is 20.8 Å². The Morgan fingerprint density at radius 2 is 1.73 bits per heavy atom. The van der Waals surface area contributed by atoms with Crippen LogP contribution in [0.2, 0.25) is 0 Å². The Morgan fingerprint density at radius 1 is 0.967 bits per heavy atom. The van der Waals surface area contributed by atoms with Gasteiger partial charge in [0, 0.05) is 10.5 Å². The molecule has 0 aromatic heterocycles. The topological polar surface area (TPSA) is 44.8 Å². The van der Waals surface area contributed by atoms with Gasteiger partial charge in [0.25, 0.3) is 0 Å². The van der Waals surface area contributed by atoms with Crippen molar-refractivity contribution in [2.24, 2.45) is 5.92 Å². The lowest BCUT2D eigenvalue weighted by Gasteiger charge is -2.14. The molecule has 3 aromatic carbocycles. The van der Waals surface area contributed by atoms with Crippen molar-refractivity contribution in [3.05, 3.63) is 70.7 Å². The first kappa shape index (κ1) is 21.9. The predicted octanol–water partition coefficient (Wildman–Crippen LogP) is 6.65. The van der Waals surface area contributed by atoms with Crippen LogP contribution in [0.4, 0.5) is 0 Å². The molecule has 0 spiro atoms. The van der Waals surface area contributed by atoms with Crippen LogP contribution >= 0.6 is 15.9 Å². The fourth-order valence-electron chi connectivity index (χ4n) is 2.84. The summed E-state index contributed by atoms with van der Waals surface area (Å²) < 4.78 is 17.9. The van der Waals surface area contributed by atoms with E-state index < -0.39 is 5.97 Å². The Bertz CT molecular complexity index is 1060. The fraction of sp³-hybridized carbons (Fsp3) is 0.240. The summed E-state index contributed by atoms with van der Waals surface area (Å²) in [5.74, 6) is 1.85. The second kappa shape index (κ2) is 10.3. The van der Waals surface area contributed by atoms with Crippen LogP contribution in [0.1, 0.15) is 26.3 Å². The molecule has 0 bridgehead atoms. The summed E-state index contributed by atoms with van der Waals surface area (Å²) in [5.41, 5.74) is 0.829. The number of rotatable bonds is 8. The molecule has 3 rings (SSSR count). The Morgan fingerprint density at radius 3 is 2.50 bits per heavy atom. The van der Waals surface area contributed by atoms with E-state index in [1.807, 2.05) is 55.5 Å². The number of hydrogen-bond donors (Lipinski definition) is 0. The summed E-state index contributed by atoms with van der Waals surface area (Å²) in [6, 6.07) is 17.1. The van der Waals surface area contributed by atoms with Crippen LogP contribution in [0.15, 0.2) is 65.1 Å². The summed E-state index contributed by atoms with van der Waals surface area (Å²) in [6.07, 6.45) is 3.11. The second-order valence-electron chi connectivity index (χ2n) is 7.25. The molecule has 0 aliphatic carbocycles. The number of ether oxygens (including phenoxy) is 3. The first-order chi connectivity index (χ1) is 14.4. The van der Waals surface area contributed by atoms with Crippen molar-refractivity contribution >= 4 is 38.7 Å². The van der Waals surface area contributed by atoms with Gasteiger partial charge in [-0.2, -0.15) is 0 Å². The Kier molecular flexibility index (Phi) is 7.52. The van der Waals surface area contributed by atoms with Gasteiger partial charge in [0.1, 0.15) is 5.75 Å². The maximum Gasteiger partial charge on any atom is 0.336 e. The smallest absolute Gasteiger partial charge is 0.336 e. The third-order valence-corrected chi connectivity index (χ3v) is 4.74. The number of halogens is 1. The molecule has 0 saturated carbocycles. The molecule has 0 radical (unpaired) electrons. The first-order valence-corrected chi connectivity index (χ1v) is 10.7. The zero-order chi connectivity index (χ0) is 21.5. The highest BCUT2D eigenvalue weighted by molar-refractivity contribution is 9.10. The third-order valence-electron chi connectivity index (χ3n) is 4.24. The number of carbonyl (C=O) groups is 1. The van der Waals surface area contributed by atoms with E-state index >= 15 is 0 Å². The van der Waals surface area contributed by atoms with E-state index in [4.69, 9.17) is 14.2 Å². The standard InChI is InChI=1S/C25H25BrO4/c1-4-28-24-13-18(5-11-23(24)29-16-17(2)3)6-12-25(27)30-22-10-8-19-14-21(26)9-7-20(19)15-22/h5-15,17H,4,16H2,1-3H3. The molecule has 0 fully saturated rings. The van der Waals surface area contributed by atoms with Gasteiger partial charge in [-0.3, -0.25) is 0 Å². The van der Waals surface area contributed by atoms with Gasteiger partial charge < -0.3 is 14.2 Å².